The van der Waals surface area contributed by atoms with Gasteiger partial charge in [0.2, 0.25) is 0 Å². The summed E-state index contributed by atoms with van der Waals surface area (Å²) in [5, 5.41) is 9.20. The lowest BCUT2D eigenvalue weighted by molar-refractivity contribution is -0.0221. The number of ether oxygens (including phenoxy) is 18. The molecule has 0 unspecified atom stereocenters. The SMILES string of the molecule is COCCCC(=O)c1nc(NCCCOCCOCCOCCOCCOCCOCCOCCOC)c(C(=O)NCCOC)nc1NCCCOCCOCCOCCOCCOCCOCCOCCOC. The van der Waals surface area contributed by atoms with Crippen molar-refractivity contribution in [3.63, 3.8) is 0 Å². The first-order valence-corrected chi connectivity index (χ1v) is 25.8. The molecule has 0 radical (unpaired) electrons. The smallest absolute Gasteiger partial charge is 0.273 e. The zero-order valence-corrected chi connectivity index (χ0v) is 45.1. The highest BCUT2D eigenvalue weighted by molar-refractivity contribution is 6.02. The van der Waals surface area contributed by atoms with Crippen molar-refractivity contribution in [1.29, 1.82) is 0 Å². The van der Waals surface area contributed by atoms with Crippen LogP contribution in [0.3, 0.4) is 0 Å². The maximum atomic E-state index is 13.4. The van der Waals surface area contributed by atoms with Crippen molar-refractivity contribution in [2.45, 2.75) is 25.7 Å². The molecule has 1 heterocycles. The number of carbonyl (C=O) groups is 2. The van der Waals surface area contributed by atoms with Crippen molar-refractivity contribution in [2.75, 3.05) is 270 Å². The molecule has 0 spiro atoms. The molecule has 0 bridgehead atoms. The molecule has 25 nitrogen and oxygen atoms in total. The van der Waals surface area contributed by atoms with Crippen molar-refractivity contribution >= 4 is 23.3 Å². The molecular weight excluding hydrogens is 979 g/mol. The van der Waals surface area contributed by atoms with Gasteiger partial charge in [-0.25, -0.2) is 9.97 Å². The summed E-state index contributed by atoms with van der Waals surface area (Å²) in [6, 6.07) is 0. The van der Waals surface area contributed by atoms with Gasteiger partial charge in [0, 0.05) is 74.3 Å². The fourth-order valence-electron chi connectivity index (χ4n) is 5.77. The summed E-state index contributed by atoms with van der Waals surface area (Å²) in [5.41, 5.74) is 0.180. The number of anilines is 2. The highest BCUT2D eigenvalue weighted by atomic mass is 16.6. The van der Waals surface area contributed by atoms with E-state index in [1.807, 2.05) is 0 Å². The van der Waals surface area contributed by atoms with E-state index >= 15 is 0 Å². The summed E-state index contributed by atoms with van der Waals surface area (Å²) in [4.78, 5) is 36.1. The molecule has 74 heavy (non-hydrogen) atoms. The molecule has 0 atom stereocenters. The Morgan fingerprint density at radius 2 is 0.581 bits per heavy atom. The van der Waals surface area contributed by atoms with E-state index in [0.29, 0.717) is 244 Å². The number of hydrogen-bond donors (Lipinski definition) is 3. The first-order valence-electron chi connectivity index (χ1n) is 25.8. The molecule has 0 saturated carbocycles. The van der Waals surface area contributed by atoms with Gasteiger partial charge < -0.3 is 101 Å². The third kappa shape index (κ3) is 44.2. The Balaban J connectivity index is 2.31. The number of nitrogens with one attached hydrogen (secondary N) is 3. The number of Topliss-reactive ketones (excluding diaryl/α,β-unsaturated/α-hetero) is 1. The minimum absolute atomic E-state index is 0.0482. The summed E-state index contributed by atoms with van der Waals surface area (Å²) < 4.78 is 97.4. The van der Waals surface area contributed by atoms with E-state index < -0.39 is 5.91 Å². The van der Waals surface area contributed by atoms with Crippen molar-refractivity contribution in [1.82, 2.24) is 15.3 Å². The molecular formula is C49H93N5O20. The van der Waals surface area contributed by atoms with Gasteiger partial charge in [0.05, 0.1) is 192 Å². The Morgan fingerprint density at radius 1 is 0.311 bits per heavy atom. The van der Waals surface area contributed by atoms with Crippen molar-refractivity contribution in [3.05, 3.63) is 11.4 Å². The third-order valence-corrected chi connectivity index (χ3v) is 9.56. The Labute approximate surface area is 439 Å². The normalized spacial score (nSPS) is 11.5. The minimum Gasteiger partial charge on any atom is -0.385 e. The monoisotopic (exact) mass is 1070 g/mol. The van der Waals surface area contributed by atoms with E-state index in [2.05, 4.69) is 25.9 Å². The van der Waals surface area contributed by atoms with Crippen LogP contribution in [0.15, 0.2) is 0 Å². The lowest BCUT2D eigenvalue weighted by Gasteiger charge is -2.16. The molecule has 0 aliphatic carbocycles. The zero-order valence-electron chi connectivity index (χ0n) is 45.1. The first-order chi connectivity index (χ1) is 36.6. The van der Waals surface area contributed by atoms with Crippen LogP contribution >= 0.6 is 0 Å². The largest absolute Gasteiger partial charge is 0.385 e. The van der Waals surface area contributed by atoms with Crippen molar-refractivity contribution in [2.24, 2.45) is 0 Å². The molecule has 0 aromatic carbocycles. The molecule has 0 saturated heterocycles. The van der Waals surface area contributed by atoms with E-state index in [0.717, 1.165) is 0 Å². The number of methoxy groups -OCH3 is 4. The van der Waals surface area contributed by atoms with Gasteiger partial charge in [-0.2, -0.15) is 0 Å². The fraction of sp³-hybridized carbons (Fsp3) is 0.878. The number of rotatable bonds is 61. The van der Waals surface area contributed by atoms with Crippen LogP contribution in [0.2, 0.25) is 0 Å². The molecule has 1 rings (SSSR count). The van der Waals surface area contributed by atoms with Gasteiger partial charge in [-0.1, -0.05) is 0 Å². The highest BCUT2D eigenvalue weighted by Crippen LogP contribution is 2.21. The molecule has 1 aromatic rings. The number of carbonyl (C=O) groups excluding carboxylic acids is 2. The van der Waals surface area contributed by atoms with Gasteiger partial charge in [0.1, 0.15) is 0 Å². The van der Waals surface area contributed by atoms with Crippen LogP contribution in [0.4, 0.5) is 11.6 Å². The van der Waals surface area contributed by atoms with E-state index in [1.165, 1.54) is 0 Å². The number of hydrogen-bond acceptors (Lipinski definition) is 24. The second kappa shape index (κ2) is 56.3. The summed E-state index contributed by atoms with van der Waals surface area (Å²) in [6.07, 6.45) is 1.88. The molecule has 0 aliphatic heterocycles. The van der Waals surface area contributed by atoms with Crippen LogP contribution in [0.1, 0.15) is 46.7 Å². The molecule has 1 aromatic heterocycles. The minimum atomic E-state index is -0.458. The van der Waals surface area contributed by atoms with Crippen LogP contribution in [-0.4, -0.2) is 281 Å². The van der Waals surface area contributed by atoms with Gasteiger partial charge in [0.15, 0.2) is 28.8 Å². The number of ketones is 1. The van der Waals surface area contributed by atoms with Crippen LogP contribution in [0.5, 0.6) is 0 Å². The maximum Gasteiger partial charge on any atom is 0.273 e. The molecule has 25 heteroatoms. The average molecular weight is 1070 g/mol. The predicted molar refractivity (Wildman–Crippen MR) is 273 cm³/mol. The molecule has 3 N–H and O–H groups in total. The van der Waals surface area contributed by atoms with Gasteiger partial charge in [0.25, 0.3) is 5.91 Å². The predicted octanol–water partition coefficient (Wildman–Crippen LogP) is 1.59. The zero-order chi connectivity index (χ0) is 53.3. The van der Waals surface area contributed by atoms with Crippen molar-refractivity contribution < 1.29 is 94.9 Å². The number of nitrogens with zero attached hydrogens (tertiary/aromatic N) is 2. The van der Waals surface area contributed by atoms with Gasteiger partial charge in [-0.15, -0.1) is 0 Å². The van der Waals surface area contributed by atoms with Crippen LogP contribution in [0.25, 0.3) is 0 Å². The molecule has 1 amide bonds. The van der Waals surface area contributed by atoms with E-state index in [-0.39, 0.29) is 41.8 Å². The second-order valence-electron chi connectivity index (χ2n) is 15.5. The quantitative estimate of drug-likeness (QED) is 0.0618. The maximum absolute atomic E-state index is 13.4. The summed E-state index contributed by atoms with van der Waals surface area (Å²) in [7, 11) is 6.40. The Hall–Kier alpha value is -2.90. The third-order valence-electron chi connectivity index (χ3n) is 9.56. The summed E-state index contributed by atoms with van der Waals surface area (Å²) in [6.45, 7) is 16.2. The fourth-order valence-corrected chi connectivity index (χ4v) is 5.77. The Kier molecular flexibility index (Phi) is 52.6. The lowest BCUT2D eigenvalue weighted by atomic mass is 10.1. The standard InChI is InChI=1S/C49H93N5O20/c1-57-12-5-8-44(55)45-47(50-9-6-13-61-20-22-65-28-30-69-36-38-73-42-40-71-34-32-67-26-24-63-18-16-59-3)54-46(49(56)52-11-15-58-2)48(53-45)51-10-7-14-62-21-23-66-29-31-70-37-39-74-43-41-72-35-33-68-27-25-64-19-17-60-4/h5-43H2,1-4H3,(H,50,54)(H,51,53)(H,52,56). The highest BCUT2D eigenvalue weighted by Gasteiger charge is 2.23. The Morgan fingerprint density at radius 3 is 0.892 bits per heavy atom. The average Bonchev–Trinajstić information content (AvgIpc) is 3.41. The molecule has 434 valence electrons. The van der Waals surface area contributed by atoms with E-state index in [1.54, 1.807) is 28.4 Å². The number of aromatic nitrogens is 2. The number of amides is 1. The van der Waals surface area contributed by atoms with E-state index in [9.17, 15) is 9.59 Å². The topological polar surface area (TPSA) is 262 Å². The van der Waals surface area contributed by atoms with Crippen LogP contribution in [-0.2, 0) is 85.3 Å². The van der Waals surface area contributed by atoms with E-state index in [4.69, 9.17) is 85.3 Å². The Bertz CT molecular complexity index is 1280. The molecule has 0 aliphatic rings. The first kappa shape index (κ1) is 69.1. The molecule has 0 fully saturated rings. The van der Waals surface area contributed by atoms with Gasteiger partial charge >= 0.3 is 0 Å². The lowest BCUT2D eigenvalue weighted by Crippen LogP contribution is -2.30. The van der Waals surface area contributed by atoms with Gasteiger partial charge in [-0.3, -0.25) is 9.59 Å². The van der Waals surface area contributed by atoms with Crippen LogP contribution < -0.4 is 16.0 Å². The van der Waals surface area contributed by atoms with Crippen molar-refractivity contribution in [3.8, 4) is 0 Å². The second-order valence-corrected chi connectivity index (χ2v) is 15.5. The summed E-state index contributed by atoms with van der Waals surface area (Å²) in [5.74, 6) is -0.278. The summed E-state index contributed by atoms with van der Waals surface area (Å²) >= 11 is 0. The van der Waals surface area contributed by atoms with Gasteiger partial charge in [-0.05, 0) is 19.3 Å². The van der Waals surface area contributed by atoms with Crippen LogP contribution in [0, 0.1) is 0 Å².